The third kappa shape index (κ3) is 13.0. The van der Waals surface area contributed by atoms with Crippen LogP contribution in [0.1, 0.15) is 67.7 Å². The van der Waals surface area contributed by atoms with Gasteiger partial charge in [0.1, 0.15) is 5.60 Å². The van der Waals surface area contributed by atoms with Crippen molar-refractivity contribution in [3.8, 4) is 0 Å². The molecule has 0 radical (unpaired) electrons. The van der Waals surface area contributed by atoms with E-state index < -0.39 is 11.5 Å². The Kier molecular flexibility index (Phi) is 11.7. The number of esters is 2. The van der Waals surface area contributed by atoms with Gasteiger partial charge in [-0.3, -0.25) is 9.59 Å². The van der Waals surface area contributed by atoms with Gasteiger partial charge in [-0.15, -0.1) is 0 Å². The van der Waals surface area contributed by atoms with Gasteiger partial charge in [-0.25, -0.2) is 0 Å². The Morgan fingerprint density at radius 3 is 1.95 bits per heavy atom. The van der Waals surface area contributed by atoms with Gasteiger partial charge < -0.3 is 9.47 Å². The fourth-order valence-electron chi connectivity index (χ4n) is 1.93. The maximum absolute atomic E-state index is 12.1. The van der Waals surface area contributed by atoms with Gasteiger partial charge in [0.2, 0.25) is 0 Å². The second-order valence-electron chi connectivity index (χ2n) is 7.47. The van der Waals surface area contributed by atoms with Crippen LogP contribution >= 0.6 is 13.5 Å². The van der Waals surface area contributed by atoms with Crippen molar-refractivity contribution in [3.05, 3.63) is 0 Å². The Hall–Kier alpha value is -0.710. The van der Waals surface area contributed by atoms with Crippen LogP contribution in [0, 0.1) is 17.8 Å². The highest BCUT2D eigenvalue weighted by Crippen LogP contribution is 2.20. The van der Waals surface area contributed by atoms with Gasteiger partial charge in [0.25, 0.3) is 0 Å². The molecule has 0 aliphatic carbocycles. The molecule has 22 heavy (non-hydrogen) atoms. The second kappa shape index (κ2) is 10.9. The molecule has 0 aliphatic heterocycles. The van der Waals surface area contributed by atoms with Crippen molar-refractivity contribution in [1.82, 2.24) is 0 Å². The molecule has 0 spiro atoms. The average Bonchev–Trinajstić information content (AvgIpc) is 2.23. The van der Waals surface area contributed by atoms with Gasteiger partial charge in [-0.05, 0) is 45.4 Å². The van der Waals surface area contributed by atoms with Crippen LogP contribution in [-0.4, -0.2) is 24.1 Å². The molecule has 0 aromatic heterocycles. The Balaban J connectivity index is 0. The number of carbonyl (C=O) groups excluding carboxylic acids is 2. The van der Waals surface area contributed by atoms with Gasteiger partial charge in [-0.1, -0.05) is 27.7 Å². The lowest BCUT2D eigenvalue weighted by molar-refractivity contribution is -0.162. The molecule has 0 aliphatic rings. The fourth-order valence-corrected chi connectivity index (χ4v) is 1.93. The smallest absolute Gasteiger partial charge is 0.309 e. The molecule has 0 amide bonds. The first kappa shape index (κ1) is 23.6. The van der Waals surface area contributed by atoms with Crippen LogP contribution in [0.4, 0.5) is 0 Å². The number of rotatable bonds is 8. The summed E-state index contributed by atoms with van der Waals surface area (Å²) in [5.74, 6) is -0.210. The summed E-state index contributed by atoms with van der Waals surface area (Å²) in [5, 5.41) is 0. The fraction of sp³-hybridized carbons (Fsp3) is 0.882. The molecule has 4 nitrogen and oxygen atoms in total. The van der Waals surface area contributed by atoms with E-state index in [2.05, 4.69) is 13.8 Å². The molecule has 0 unspecified atom stereocenters. The molecule has 0 aromatic carbocycles. The van der Waals surface area contributed by atoms with Crippen LogP contribution in [0.25, 0.3) is 0 Å². The summed E-state index contributed by atoms with van der Waals surface area (Å²) in [4.78, 5) is 24.0. The van der Waals surface area contributed by atoms with E-state index in [1.54, 1.807) is 0 Å². The molecule has 0 N–H and O–H groups in total. The molecule has 132 valence electrons. The van der Waals surface area contributed by atoms with Crippen molar-refractivity contribution >= 4 is 25.4 Å². The Morgan fingerprint density at radius 2 is 1.55 bits per heavy atom. The van der Waals surface area contributed by atoms with Crippen molar-refractivity contribution in [2.24, 2.45) is 17.8 Å². The number of ether oxygens (including phenoxy) is 2. The van der Waals surface area contributed by atoms with Gasteiger partial charge in [0.05, 0.1) is 18.9 Å². The van der Waals surface area contributed by atoms with Crippen LogP contribution in [0.3, 0.4) is 0 Å². The molecule has 0 saturated heterocycles. The van der Waals surface area contributed by atoms with Crippen LogP contribution in [-0.2, 0) is 19.1 Å². The first-order chi connectivity index (χ1) is 9.51. The normalized spacial score (nSPS) is 12.8. The monoisotopic (exact) mass is 334 g/mol. The summed E-state index contributed by atoms with van der Waals surface area (Å²) in [6, 6.07) is 0. The lowest BCUT2D eigenvalue weighted by Gasteiger charge is -2.22. The van der Waals surface area contributed by atoms with E-state index in [1.807, 2.05) is 34.6 Å². The minimum absolute atomic E-state index is 0. The summed E-state index contributed by atoms with van der Waals surface area (Å²) in [7, 11) is 0. The Morgan fingerprint density at radius 1 is 1.00 bits per heavy atom. The van der Waals surface area contributed by atoms with Gasteiger partial charge in [0, 0.05) is 0 Å². The van der Waals surface area contributed by atoms with Crippen LogP contribution in [0.15, 0.2) is 0 Å². The maximum atomic E-state index is 12.1. The summed E-state index contributed by atoms with van der Waals surface area (Å²) >= 11 is 0. The van der Waals surface area contributed by atoms with E-state index in [0.29, 0.717) is 24.9 Å². The lowest BCUT2D eigenvalue weighted by Crippen LogP contribution is -2.29. The van der Waals surface area contributed by atoms with Gasteiger partial charge in [0.15, 0.2) is 0 Å². The van der Waals surface area contributed by atoms with Crippen LogP contribution in [0.2, 0.25) is 0 Å². The maximum Gasteiger partial charge on any atom is 0.309 e. The van der Waals surface area contributed by atoms with Crippen LogP contribution in [0.5, 0.6) is 0 Å². The van der Waals surface area contributed by atoms with Crippen molar-refractivity contribution < 1.29 is 19.1 Å². The van der Waals surface area contributed by atoms with Gasteiger partial charge in [-0.2, -0.15) is 13.5 Å². The lowest BCUT2D eigenvalue weighted by atomic mass is 9.94. The molecule has 1 atom stereocenters. The van der Waals surface area contributed by atoms with E-state index in [4.69, 9.17) is 9.47 Å². The molecule has 0 heterocycles. The summed E-state index contributed by atoms with van der Waals surface area (Å²) in [6.45, 7) is 14.1. The average molecular weight is 335 g/mol. The highest BCUT2D eigenvalue weighted by Gasteiger charge is 2.27. The second-order valence-corrected chi connectivity index (χ2v) is 7.47. The third-order valence-electron chi connectivity index (χ3n) is 2.86. The minimum atomic E-state index is -0.527. The first-order valence-electron chi connectivity index (χ1n) is 7.89. The number of carbonyl (C=O) groups is 2. The molecular formula is C17H34O4S. The zero-order valence-electron chi connectivity index (χ0n) is 15.2. The molecule has 0 saturated carbocycles. The predicted octanol–water partition coefficient (Wildman–Crippen LogP) is 4.08. The quantitative estimate of drug-likeness (QED) is 0.628. The van der Waals surface area contributed by atoms with Crippen molar-refractivity contribution in [2.45, 2.75) is 73.3 Å². The SMILES string of the molecule is CC(C)CCOC(=O)[C@@H](CC(=O)OC(C)(C)C)CC(C)C.S. The Labute approximate surface area is 142 Å². The zero-order chi connectivity index (χ0) is 16.6. The van der Waals surface area contributed by atoms with Gasteiger partial charge >= 0.3 is 11.9 Å². The summed E-state index contributed by atoms with van der Waals surface area (Å²) in [5.41, 5.74) is -0.527. The van der Waals surface area contributed by atoms with Crippen LogP contribution < -0.4 is 0 Å². The predicted molar refractivity (Wildman–Crippen MR) is 94.2 cm³/mol. The molecule has 5 heteroatoms. The summed E-state index contributed by atoms with van der Waals surface area (Å²) in [6.07, 6.45) is 1.57. The molecule has 0 fully saturated rings. The van der Waals surface area contributed by atoms with E-state index >= 15 is 0 Å². The molecule has 0 aromatic rings. The number of hydrogen-bond donors (Lipinski definition) is 0. The highest BCUT2D eigenvalue weighted by atomic mass is 32.1. The van der Waals surface area contributed by atoms with Crippen molar-refractivity contribution in [2.75, 3.05) is 6.61 Å². The minimum Gasteiger partial charge on any atom is -0.465 e. The molecular weight excluding hydrogens is 300 g/mol. The van der Waals surface area contributed by atoms with E-state index in [0.717, 1.165) is 6.42 Å². The standard InChI is InChI=1S/C17H32O4.H2S/c1-12(2)8-9-20-16(19)14(10-13(3)4)11-15(18)21-17(5,6)7;/h12-14H,8-11H2,1-7H3;1H2/t14-;/m1./s1. The topological polar surface area (TPSA) is 52.6 Å². The third-order valence-corrected chi connectivity index (χ3v) is 2.86. The highest BCUT2D eigenvalue weighted by molar-refractivity contribution is 7.59. The molecule has 0 bridgehead atoms. The van der Waals surface area contributed by atoms with Crippen molar-refractivity contribution in [3.63, 3.8) is 0 Å². The van der Waals surface area contributed by atoms with E-state index in [-0.39, 0.29) is 31.9 Å². The van der Waals surface area contributed by atoms with Crippen molar-refractivity contribution in [1.29, 1.82) is 0 Å². The van der Waals surface area contributed by atoms with E-state index in [1.165, 1.54) is 0 Å². The molecule has 0 rings (SSSR count). The zero-order valence-corrected chi connectivity index (χ0v) is 16.2. The van der Waals surface area contributed by atoms with E-state index in [9.17, 15) is 9.59 Å². The summed E-state index contributed by atoms with van der Waals surface area (Å²) < 4.78 is 10.6. The Bertz CT molecular complexity index is 332. The largest absolute Gasteiger partial charge is 0.465 e. The number of hydrogen-bond acceptors (Lipinski definition) is 4. The first-order valence-corrected chi connectivity index (χ1v) is 7.89.